The van der Waals surface area contributed by atoms with Gasteiger partial charge in [-0.05, 0) is 29.8 Å². The average Bonchev–Trinajstić information content (AvgIpc) is 2.71. The molecule has 11 heteroatoms. The van der Waals surface area contributed by atoms with Gasteiger partial charge in [0.25, 0.3) is 5.91 Å². The number of benzene rings is 1. The summed E-state index contributed by atoms with van der Waals surface area (Å²) < 4.78 is 35.8. The Bertz CT molecular complexity index is 1100. The normalized spacial score (nSPS) is 21.8. The van der Waals surface area contributed by atoms with Crippen LogP contribution in [-0.4, -0.2) is 72.5 Å². The molecule has 10 nitrogen and oxygen atoms in total. The zero-order valence-electron chi connectivity index (χ0n) is 17.7. The van der Waals surface area contributed by atoms with Gasteiger partial charge in [-0.3, -0.25) is 14.5 Å². The fourth-order valence-electron chi connectivity index (χ4n) is 3.14. The zero-order valence-corrected chi connectivity index (χ0v) is 18.5. The first-order chi connectivity index (χ1) is 14.8. The van der Waals surface area contributed by atoms with Crippen molar-refractivity contribution in [2.45, 2.75) is 32.2 Å². The number of hydrogen-bond acceptors (Lipinski definition) is 8. The lowest BCUT2D eigenvalue weighted by Gasteiger charge is -2.46. The number of carboxylic acid groups (broad SMARTS) is 1. The molecule has 0 aromatic heterocycles. The molecule has 1 aromatic carbocycles. The van der Waals surface area contributed by atoms with Gasteiger partial charge in [-0.2, -0.15) is 0 Å². The number of carbonyl (C=O) groups is 4. The van der Waals surface area contributed by atoms with Gasteiger partial charge in [0.05, 0.1) is 16.9 Å². The maximum Gasteiger partial charge on any atom is 0.338 e. The van der Waals surface area contributed by atoms with Gasteiger partial charge in [0, 0.05) is 11.6 Å². The molecule has 0 bridgehead atoms. The van der Waals surface area contributed by atoms with Gasteiger partial charge in [-0.25, -0.2) is 18.0 Å². The van der Waals surface area contributed by atoms with E-state index in [0.29, 0.717) is 0 Å². The Balaban J connectivity index is 1.63. The second kappa shape index (κ2) is 8.47. The van der Waals surface area contributed by atoms with Crippen molar-refractivity contribution in [3.8, 4) is 0 Å². The van der Waals surface area contributed by atoms with E-state index in [4.69, 9.17) is 14.6 Å². The first kappa shape index (κ1) is 23.6. The van der Waals surface area contributed by atoms with Gasteiger partial charge in [0.2, 0.25) is 0 Å². The van der Waals surface area contributed by atoms with Crippen LogP contribution in [0.3, 0.4) is 0 Å². The fourth-order valence-corrected chi connectivity index (χ4v) is 5.07. The topological polar surface area (TPSA) is 144 Å². The van der Waals surface area contributed by atoms with Crippen molar-refractivity contribution < 1.29 is 42.2 Å². The number of hydrogen-bond donors (Lipinski definition) is 1. The highest BCUT2D eigenvalue weighted by molar-refractivity contribution is 7.92. The number of aromatic carboxylic acids is 1. The second-order valence-electron chi connectivity index (χ2n) is 8.59. The van der Waals surface area contributed by atoms with E-state index in [0.717, 1.165) is 4.90 Å². The van der Waals surface area contributed by atoms with E-state index in [-0.39, 0.29) is 35.7 Å². The smallest absolute Gasteiger partial charge is 0.338 e. The lowest BCUT2D eigenvalue weighted by molar-refractivity contribution is -0.163. The van der Waals surface area contributed by atoms with Crippen LogP contribution < -0.4 is 0 Å². The molecule has 172 valence electrons. The molecule has 0 saturated carbocycles. The Morgan fingerprint density at radius 2 is 1.72 bits per heavy atom. The van der Waals surface area contributed by atoms with Crippen LogP contribution >= 0.6 is 0 Å². The second-order valence-corrected chi connectivity index (χ2v) is 10.7. The zero-order chi connectivity index (χ0) is 23.8. The molecule has 0 spiro atoms. The molecule has 1 fully saturated rings. The van der Waals surface area contributed by atoms with Gasteiger partial charge in [-0.15, -0.1) is 0 Å². The van der Waals surface area contributed by atoms with Crippen molar-refractivity contribution in [3.05, 3.63) is 47.2 Å². The summed E-state index contributed by atoms with van der Waals surface area (Å²) in [6, 6.07) is 5.06. The van der Waals surface area contributed by atoms with E-state index < -0.39 is 50.3 Å². The minimum Gasteiger partial charge on any atom is -0.478 e. The maximum absolute atomic E-state index is 12.7. The number of esters is 1. The highest BCUT2D eigenvalue weighted by atomic mass is 32.2. The number of fused-ring (bicyclic) bond motifs is 1. The molecule has 32 heavy (non-hydrogen) atoms. The summed E-state index contributed by atoms with van der Waals surface area (Å²) in [5.41, 5.74) is -0.368. The molecule has 0 unspecified atom stereocenters. The van der Waals surface area contributed by atoms with E-state index in [1.807, 2.05) is 0 Å². The largest absolute Gasteiger partial charge is 0.478 e. The predicted molar refractivity (Wildman–Crippen MR) is 110 cm³/mol. The van der Waals surface area contributed by atoms with E-state index in [1.165, 1.54) is 30.5 Å². The van der Waals surface area contributed by atoms with Gasteiger partial charge in [0.1, 0.15) is 13.2 Å². The van der Waals surface area contributed by atoms with Crippen LogP contribution in [0.4, 0.5) is 0 Å². The molecule has 2 aliphatic heterocycles. The van der Waals surface area contributed by atoms with Crippen LogP contribution in [0.5, 0.6) is 0 Å². The lowest BCUT2D eigenvalue weighted by Crippen LogP contribution is -2.68. The molecular formula is C21H23NO9S. The van der Waals surface area contributed by atoms with Gasteiger partial charge in [-0.1, -0.05) is 20.8 Å². The Labute approximate surface area is 184 Å². The summed E-state index contributed by atoms with van der Waals surface area (Å²) in [7, 11) is -3.82. The third kappa shape index (κ3) is 4.73. The van der Waals surface area contributed by atoms with Gasteiger partial charge in [0.15, 0.2) is 27.1 Å². The summed E-state index contributed by atoms with van der Waals surface area (Å²) in [6.45, 7) is 4.36. The molecule has 1 saturated heterocycles. The molecule has 2 atom stereocenters. The summed E-state index contributed by atoms with van der Waals surface area (Å²) in [4.78, 5) is 48.4. The van der Waals surface area contributed by atoms with Crippen LogP contribution in [0.1, 0.15) is 41.5 Å². The van der Waals surface area contributed by atoms with Gasteiger partial charge < -0.3 is 14.6 Å². The molecule has 0 aliphatic carbocycles. The number of sulfone groups is 1. The van der Waals surface area contributed by atoms with Crippen LogP contribution in [-0.2, 0) is 28.9 Å². The van der Waals surface area contributed by atoms with E-state index in [2.05, 4.69) is 0 Å². The number of ketones is 1. The number of amides is 1. The molecule has 3 rings (SSSR count). The van der Waals surface area contributed by atoms with Crippen molar-refractivity contribution >= 4 is 33.5 Å². The van der Waals surface area contributed by atoms with E-state index in [1.54, 1.807) is 20.8 Å². The lowest BCUT2D eigenvalue weighted by atomic mass is 9.91. The maximum atomic E-state index is 12.7. The number of nitrogens with zero attached hydrogens (tertiary/aromatic N) is 1. The molecule has 1 amide bonds. The van der Waals surface area contributed by atoms with Crippen molar-refractivity contribution in [2.24, 2.45) is 5.41 Å². The van der Waals surface area contributed by atoms with Gasteiger partial charge >= 0.3 is 11.9 Å². The first-order valence-electron chi connectivity index (χ1n) is 9.70. The molecule has 0 radical (unpaired) electrons. The molecule has 2 heterocycles. The fraction of sp³-hybridized carbons (Fsp3) is 0.429. The average molecular weight is 465 g/mol. The molecule has 2 aliphatic rings. The predicted octanol–water partition coefficient (Wildman–Crippen LogP) is 1.02. The standard InChI is InChI=1S/C21H23NO9S/c1-21(2,3)15(23)10-30-16-17(24)22-8-12(11-32(28,29)18(16)22)9-31-20(27)14-6-4-13(5-7-14)19(25)26/h4-8,16,18H,9-11H2,1-3H3,(H,25,26)/t16-,18-/m0/s1. The van der Waals surface area contributed by atoms with Crippen LogP contribution in [0.2, 0.25) is 0 Å². The van der Waals surface area contributed by atoms with Crippen molar-refractivity contribution in [2.75, 3.05) is 19.0 Å². The van der Waals surface area contributed by atoms with E-state index in [9.17, 15) is 27.6 Å². The van der Waals surface area contributed by atoms with E-state index >= 15 is 0 Å². The Morgan fingerprint density at radius 1 is 1.12 bits per heavy atom. The minimum absolute atomic E-state index is 0.00550. The number of carbonyl (C=O) groups excluding carboxylic acids is 3. The highest BCUT2D eigenvalue weighted by Crippen LogP contribution is 2.34. The van der Waals surface area contributed by atoms with Crippen molar-refractivity contribution in [1.29, 1.82) is 0 Å². The number of rotatable bonds is 7. The van der Waals surface area contributed by atoms with Crippen LogP contribution in [0, 0.1) is 5.41 Å². The quantitative estimate of drug-likeness (QED) is 0.461. The van der Waals surface area contributed by atoms with Crippen molar-refractivity contribution in [3.63, 3.8) is 0 Å². The van der Waals surface area contributed by atoms with Crippen LogP contribution in [0.15, 0.2) is 36.0 Å². The van der Waals surface area contributed by atoms with Crippen molar-refractivity contribution in [1.82, 2.24) is 4.90 Å². The molecule has 1 N–H and O–H groups in total. The highest BCUT2D eigenvalue weighted by Gasteiger charge is 2.57. The SMILES string of the molecule is CC(C)(C)C(=O)CO[C@H]1C(=O)N2C=C(COC(=O)c3ccc(C(=O)O)cc3)CS(=O)(=O)[C@@H]12. The third-order valence-corrected chi connectivity index (χ3v) is 7.08. The number of ether oxygens (including phenoxy) is 2. The summed E-state index contributed by atoms with van der Waals surface area (Å²) in [5, 5.41) is 7.67. The Morgan fingerprint density at radius 3 is 2.28 bits per heavy atom. The minimum atomic E-state index is -3.82. The Kier molecular flexibility index (Phi) is 6.25. The number of carboxylic acids is 1. The summed E-state index contributed by atoms with van der Waals surface area (Å²) in [5.74, 6) is -3.18. The first-order valence-corrected chi connectivity index (χ1v) is 11.4. The monoisotopic (exact) mass is 465 g/mol. The third-order valence-electron chi connectivity index (χ3n) is 5.09. The van der Waals surface area contributed by atoms with Crippen LogP contribution in [0.25, 0.3) is 0 Å². The molecule has 1 aromatic rings. The summed E-state index contributed by atoms with van der Waals surface area (Å²) >= 11 is 0. The molecular weight excluding hydrogens is 442 g/mol. The summed E-state index contributed by atoms with van der Waals surface area (Å²) in [6.07, 6.45) is 0.0692. The number of Topliss-reactive ketones (excluding diaryl/α,β-unsaturated/α-hetero) is 1. The Hall–Kier alpha value is -3.05. The number of β-lactam (4-membered cyclic amide) rings is 1.